The first-order valence-corrected chi connectivity index (χ1v) is 10.5. The normalized spacial score (nSPS) is 12.8. The minimum Gasteiger partial charge on any atom is -0.474 e. The van der Waals surface area contributed by atoms with E-state index in [1.807, 2.05) is 0 Å². The van der Waals surface area contributed by atoms with Crippen LogP contribution in [0.4, 0.5) is 13.2 Å². The van der Waals surface area contributed by atoms with Crippen LogP contribution in [-0.2, 0) is 16.0 Å². The summed E-state index contributed by atoms with van der Waals surface area (Å²) in [6, 6.07) is 6.31. The molecule has 1 N–H and O–H groups in total. The summed E-state index contributed by atoms with van der Waals surface area (Å²) < 4.78 is 68.1. The van der Waals surface area contributed by atoms with Gasteiger partial charge in [-0.3, -0.25) is 0 Å². The molecule has 0 atom stereocenters. The molecule has 0 aliphatic heterocycles. The highest BCUT2D eigenvalue weighted by Crippen LogP contribution is 2.36. The van der Waals surface area contributed by atoms with Gasteiger partial charge in [0.25, 0.3) is 0 Å². The fraction of sp³-hybridized carbons (Fsp3) is 0.421. The third kappa shape index (κ3) is 5.23. The Morgan fingerprint density at radius 1 is 1.11 bits per heavy atom. The van der Waals surface area contributed by atoms with Gasteiger partial charge in [-0.15, -0.1) is 0 Å². The van der Waals surface area contributed by atoms with Gasteiger partial charge < -0.3 is 9.84 Å². The molecule has 0 spiro atoms. The van der Waals surface area contributed by atoms with E-state index in [9.17, 15) is 26.7 Å². The molecule has 2 rings (SSSR count). The number of hydrogen-bond acceptors (Lipinski definition) is 5. The lowest BCUT2D eigenvalue weighted by Crippen LogP contribution is -2.34. The van der Waals surface area contributed by atoms with Crippen molar-refractivity contribution >= 4 is 9.84 Å². The maximum atomic E-state index is 13.1. The molecular formula is C19H22F3NO4S. The largest absolute Gasteiger partial charge is 0.474 e. The Bertz CT molecular complexity index is 921. The smallest absolute Gasteiger partial charge is 0.417 e. The molecule has 0 amide bonds. The molecule has 0 bridgehead atoms. The summed E-state index contributed by atoms with van der Waals surface area (Å²) in [7, 11) is -3.44. The lowest BCUT2D eigenvalue weighted by Gasteiger charge is -2.25. The molecule has 0 saturated heterocycles. The van der Waals surface area contributed by atoms with Crippen LogP contribution in [0.25, 0.3) is 11.1 Å². The summed E-state index contributed by atoms with van der Waals surface area (Å²) in [6.45, 7) is 3.42. The summed E-state index contributed by atoms with van der Waals surface area (Å²) in [4.78, 5) is 3.84. The number of alkyl halides is 3. The summed E-state index contributed by atoms with van der Waals surface area (Å²) >= 11 is 0. The third-order valence-corrected chi connectivity index (χ3v) is 5.69. The maximum absolute atomic E-state index is 13.1. The number of aromatic nitrogens is 1. The van der Waals surface area contributed by atoms with Crippen molar-refractivity contribution in [2.75, 3.05) is 12.9 Å². The van der Waals surface area contributed by atoms with Crippen molar-refractivity contribution < 1.29 is 31.4 Å². The fourth-order valence-electron chi connectivity index (χ4n) is 2.47. The number of aliphatic hydroxyl groups is 1. The standard InChI is InChI=1S/C19H22F3NO4S/c1-4-18(24,5-2)12-27-17-16(10-14(11-23-17)19(20,21)22)13-6-8-15(9-7-13)28(3,25)26/h6-11,24H,4-5,12H2,1-3H3. The summed E-state index contributed by atoms with van der Waals surface area (Å²) in [5.41, 5.74) is -1.70. The summed E-state index contributed by atoms with van der Waals surface area (Å²) in [6.07, 6.45) is -2.08. The highest BCUT2D eigenvalue weighted by molar-refractivity contribution is 7.90. The number of nitrogens with zero attached hydrogens (tertiary/aromatic N) is 1. The van der Waals surface area contributed by atoms with Gasteiger partial charge in [0.05, 0.1) is 16.1 Å². The minimum absolute atomic E-state index is 0.0463. The number of rotatable bonds is 7. The van der Waals surface area contributed by atoms with Gasteiger partial charge >= 0.3 is 6.18 Å². The second kappa shape index (κ2) is 8.08. The van der Waals surface area contributed by atoms with Crippen molar-refractivity contribution in [1.29, 1.82) is 0 Å². The SMILES string of the molecule is CCC(O)(CC)COc1ncc(C(F)(F)F)cc1-c1ccc(S(C)(=O)=O)cc1. The van der Waals surface area contributed by atoms with Gasteiger partial charge in [0.2, 0.25) is 5.88 Å². The second-order valence-electron chi connectivity index (χ2n) is 6.59. The maximum Gasteiger partial charge on any atom is 0.417 e. The predicted octanol–water partition coefficient (Wildman–Crippen LogP) is 4.10. The molecule has 0 fully saturated rings. The van der Waals surface area contributed by atoms with Crippen LogP contribution < -0.4 is 4.74 Å². The second-order valence-corrected chi connectivity index (χ2v) is 8.61. The van der Waals surface area contributed by atoms with E-state index in [0.717, 1.165) is 12.3 Å². The van der Waals surface area contributed by atoms with Crippen molar-refractivity contribution in [2.24, 2.45) is 0 Å². The molecule has 0 aliphatic carbocycles. The Labute approximate surface area is 162 Å². The molecule has 0 saturated carbocycles. The van der Waals surface area contributed by atoms with E-state index in [0.29, 0.717) is 24.6 Å². The average molecular weight is 417 g/mol. The average Bonchev–Trinajstić information content (AvgIpc) is 2.64. The van der Waals surface area contributed by atoms with Gasteiger partial charge in [-0.2, -0.15) is 13.2 Å². The molecule has 0 aliphatic rings. The van der Waals surface area contributed by atoms with Crippen molar-refractivity contribution in [2.45, 2.75) is 43.4 Å². The van der Waals surface area contributed by atoms with Gasteiger partial charge in [-0.25, -0.2) is 13.4 Å². The van der Waals surface area contributed by atoms with E-state index < -0.39 is 27.2 Å². The van der Waals surface area contributed by atoms with Crippen LogP contribution in [0.15, 0.2) is 41.4 Å². The minimum atomic E-state index is -4.60. The number of ether oxygens (including phenoxy) is 1. The van der Waals surface area contributed by atoms with Crippen LogP contribution in [0.1, 0.15) is 32.3 Å². The highest BCUT2D eigenvalue weighted by atomic mass is 32.2. The van der Waals surface area contributed by atoms with Crippen molar-refractivity contribution in [3.63, 3.8) is 0 Å². The first-order chi connectivity index (χ1) is 12.9. The van der Waals surface area contributed by atoms with E-state index in [-0.39, 0.29) is 22.9 Å². The van der Waals surface area contributed by atoms with Crippen LogP contribution in [0, 0.1) is 0 Å². The van der Waals surface area contributed by atoms with Gasteiger partial charge in [0.15, 0.2) is 9.84 Å². The van der Waals surface area contributed by atoms with E-state index in [4.69, 9.17) is 4.74 Å². The quantitative estimate of drug-likeness (QED) is 0.734. The molecule has 1 aromatic carbocycles. The van der Waals surface area contributed by atoms with E-state index in [1.165, 1.54) is 24.3 Å². The van der Waals surface area contributed by atoms with Crippen LogP contribution >= 0.6 is 0 Å². The van der Waals surface area contributed by atoms with Gasteiger partial charge in [0.1, 0.15) is 6.61 Å². The number of pyridine rings is 1. The number of hydrogen-bond donors (Lipinski definition) is 1. The summed E-state index contributed by atoms with van der Waals surface area (Å²) in [5.74, 6) is -0.0690. The molecule has 154 valence electrons. The Kier molecular flexibility index (Phi) is 6.40. The Balaban J connectivity index is 2.49. The van der Waals surface area contributed by atoms with Gasteiger partial charge in [-0.05, 0) is 36.6 Å². The van der Waals surface area contributed by atoms with E-state index >= 15 is 0 Å². The fourth-order valence-corrected chi connectivity index (χ4v) is 3.10. The lowest BCUT2D eigenvalue weighted by atomic mass is 9.99. The van der Waals surface area contributed by atoms with Gasteiger partial charge in [-0.1, -0.05) is 26.0 Å². The Morgan fingerprint density at radius 3 is 2.14 bits per heavy atom. The number of benzene rings is 1. The topological polar surface area (TPSA) is 76.5 Å². The first-order valence-electron chi connectivity index (χ1n) is 8.62. The molecule has 0 radical (unpaired) electrons. The van der Waals surface area contributed by atoms with Crippen LogP contribution in [0.5, 0.6) is 5.88 Å². The van der Waals surface area contributed by atoms with Crippen LogP contribution in [-0.4, -0.2) is 37.0 Å². The zero-order valence-corrected chi connectivity index (χ0v) is 16.6. The Hall–Kier alpha value is -2.13. The molecule has 0 unspecified atom stereocenters. The molecule has 2 aromatic rings. The van der Waals surface area contributed by atoms with Crippen LogP contribution in [0.3, 0.4) is 0 Å². The molecule has 28 heavy (non-hydrogen) atoms. The summed E-state index contributed by atoms with van der Waals surface area (Å²) in [5, 5.41) is 10.4. The van der Waals surface area contributed by atoms with E-state index in [2.05, 4.69) is 4.98 Å². The zero-order chi connectivity index (χ0) is 21.2. The van der Waals surface area contributed by atoms with Crippen molar-refractivity contribution in [1.82, 2.24) is 4.98 Å². The molecule has 5 nitrogen and oxygen atoms in total. The molecule has 1 heterocycles. The first kappa shape index (κ1) is 22.2. The van der Waals surface area contributed by atoms with Crippen molar-refractivity contribution in [3.8, 4) is 17.0 Å². The lowest BCUT2D eigenvalue weighted by molar-refractivity contribution is -0.137. The zero-order valence-electron chi connectivity index (χ0n) is 15.7. The molecule has 1 aromatic heterocycles. The number of sulfone groups is 1. The van der Waals surface area contributed by atoms with Crippen molar-refractivity contribution in [3.05, 3.63) is 42.1 Å². The monoisotopic (exact) mass is 417 g/mol. The molecule has 9 heteroatoms. The van der Waals surface area contributed by atoms with Crippen LogP contribution in [0.2, 0.25) is 0 Å². The van der Waals surface area contributed by atoms with E-state index in [1.54, 1.807) is 13.8 Å². The molecular weight excluding hydrogens is 395 g/mol. The third-order valence-electron chi connectivity index (χ3n) is 4.57. The highest BCUT2D eigenvalue weighted by Gasteiger charge is 2.32. The number of halogens is 3. The van der Waals surface area contributed by atoms with Gasteiger partial charge in [0, 0.05) is 18.0 Å². The predicted molar refractivity (Wildman–Crippen MR) is 98.8 cm³/mol. The Morgan fingerprint density at radius 2 is 1.68 bits per heavy atom.